The molecule has 0 aliphatic heterocycles. The lowest BCUT2D eigenvalue weighted by molar-refractivity contribution is -0.122. The van der Waals surface area contributed by atoms with Gasteiger partial charge in [0.25, 0.3) is 5.56 Å². The Balaban J connectivity index is 1.68. The van der Waals surface area contributed by atoms with Crippen molar-refractivity contribution < 1.29 is 4.79 Å². The first kappa shape index (κ1) is 19.8. The summed E-state index contributed by atoms with van der Waals surface area (Å²) in [6, 6.07) is 9.62. The Bertz CT molecular complexity index is 1360. The molecule has 0 unspecified atom stereocenters. The van der Waals surface area contributed by atoms with Gasteiger partial charge in [0, 0.05) is 19.8 Å². The summed E-state index contributed by atoms with van der Waals surface area (Å²) >= 11 is 1.63. The average Bonchev–Trinajstić information content (AvgIpc) is 3.41. The molecule has 4 rings (SSSR count). The van der Waals surface area contributed by atoms with E-state index in [2.05, 4.69) is 15.7 Å². The van der Waals surface area contributed by atoms with E-state index >= 15 is 0 Å². The van der Waals surface area contributed by atoms with E-state index in [0.717, 1.165) is 15.7 Å². The highest BCUT2D eigenvalue weighted by atomic mass is 32.1. The van der Waals surface area contributed by atoms with E-state index in [4.69, 9.17) is 0 Å². The summed E-state index contributed by atoms with van der Waals surface area (Å²) in [6.07, 6.45) is 1.42. The molecule has 4 aromatic rings. The van der Waals surface area contributed by atoms with Crippen LogP contribution in [0.4, 0.5) is 5.69 Å². The number of carbonyl (C=O) groups is 1. The molecule has 1 N–H and O–H groups in total. The molecular formula is C21H21N5O3S. The number of hydrogen-bond acceptors (Lipinski definition) is 5. The molecule has 0 bridgehead atoms. The Hall–Kier alpha value is -3.46. The van der Waals surface area contributed by atoms with Crippen molar-refractivity contribution in [1.29, 1.82) is 0 Å². The molecule has 1 amide bonds. The van der Waals surface area contributed by atoms with Gasteiger partial charge in [-0.15, -0.1) is 0 Å². The van der Waals surface area contributed by atoms with E-state index < -0.39 is 16.8 Å². The molecule has 0 fully saturated rings. The number of amides is 1. The Kier molecular flexibility index (Phi) is 4.70. The molecule has 9 heteroatoms. The van der Waals surface area contributed by atoms with Crippen molar-refractivity contribution in [3.63, 3.8) is 0 Å². The first-order valence-electron chi connectivity index (χ1n) is 9.29. The maximum atomic E-state index is 13.1. The van der Waals surface area contributed by atoms with E-state index in [1.165, 1.54) is 22.5 Å². The van der Waals surface area contributed by atoms with Crippen molar-refractivity contribution in [3.05, 3.63) is 68.3 Å². The summed E-state index contributed by atoms with van der Waals surface area (Å²) in [5, 5.41) is 6.99. The van der Waals surface area contributed by atoms with E-state index in [-0.39, 0.29) is 17.1 Å². The molecule has 0 atom stereocenters. The smallest absolute Gasteiger partial charge is 0.324 e. The van der Waals surface area contributed by atoms with Crippen molar-refractivity contribution in [3.8, 4) is 11.1 Å². The third-order valence-electron chi connectivity index (χ3n) is 5.30. The largest absolute Gasteiger partial charge is 0.332 e. The van der Waals surface area contributed by atoms with Gasteiger partial charge in [0.15, 0.2) is 11.2 Å². The third kappa shape index (κ3) is 3.07. The van der Waals surface area contributed by atoms with Crippen LogP contribution in [-0.4, -0.2) is 24.6 Å². The first-order chi connectivity index (χ1) is 14.2. The molecule has 0 saturated heterocycles. The number of benzene rings is 1. The van der Waals surface area contributed by atoms with Crippen LogP contribution in [0.15, 0.2) is 57.0 Å². The Morgan fingerprint density at radius 1 is 1.03 bits per heavy atom. The highest BCUT2D eigenvalue weighted by molar-refractivity contribution is 7.08. The molecule has 3 heterocycles. The number of aryl methyl sites for hydroxylation is 1. The fraction of sp³-hybridized carbons (Fsp3) is 0.238. The lowest BCUT2D eigenvalue weighted by atomic mass is 10.0. The second-order valence-corrected chi connectivity index (χ2v) is 8.38. The normalized spacial score (nSPS) is 11.7. The maximum absolute atomic E-state index is 13.1. The summed E-state index contributed by atoms with van der Waals surface area (Å²) in [4.78, 5) is 42.2. The number of aromatic nitrogens is 4. The summed E-state index contributed by atoms with van der Waals surface area (Å²) < 4.78 is 3.82. The minimum absolute atomic E-state index is 0.201. The van der Waals surface area contributed by atoms with Crippen LogP contribution in [0.5, 0.6) is 0 Å². The molecule has 154 valence electrons. The molecule has 30 heavy (non-hydrogen) atoms. The summed E-state index contributed by atoms with van der Waals surface area (Å²) in [5.74, 6) is -0.305. The highest BCUT2D eigenvalue weighted by Crippen LogP contribution is 2.25. The zero-order chi connectivity index (χ0) is 21.6. The van der Waals surface area contributed by atoms with E-state index in [0.29, 0.717) is 5.69 Å². The number of hydrogen-bond donors (Lipinski definition) is 1. The van der Waals surface area contributed by atoms with Crippen molar-refractivity contribution in [2.75, 3.05) is 5.32 Å². The monoisotopic (exact) mass is 423 g/mol. The summed E-state index contributed by atoms with van der Waals surface area (Å²) in [6.45, 7) is 3.40. The number of imidazole rings is 1. The average molecular weight is 423 g/mol. The molecule has 1 aromatic carbocycles. The number of thiophene rings is 1. The van der Waals surface area contributed by atoms with Crippen molar-refractivity contribution in [1.82, 2.24) is 18.7 Å². The zero-order valence-electron chi connectivity index (χ0n) is 17.0. The quantitative estimate of drug-likeness (QED) is 0.546. The fourth-order valence-electron chi connectivity index (χ4n) is 3.34. The Morgan fingerprint density at radius 3 is 2.37 bits per heavy atom. The lowest BCUT2D eigenvalue weighted by Crippen LogP contribution is -2.43. The third-order valence-corrected chi connectivity index (χ3v) is 5.99. The molecule has 0 aliphatic rings. The van der Waals surface area contributed by atoms with Crippen LogP contribution >= 0.6 is 11.3 Å². The van der Waals surface area contributed by atoms with Gasteiger partial charge in [-0.25, -0.2) is 9.78 Å². The predicted molar refractivity (Wildman–Crippen MR) is 118 cm³/mol. The maximum Gasteiger partial charge on any atom is 0.332 e. The topological polar surface area (TPSA) is 90.9 Å². The molecule has 0 spiro atoms. The van der Waals surface area contributed by atoms with Crippen LogP contribution in [0.1, 0.15) is 13.8 Å². The van der Waals surface area contributed by atoms with Crippen LogP contribution in [0.25, 0.3) is 22.3 Å². The van der Waals surface area contributed by atoms with Crippen LogP contribution in [-0.2, 0) is 24.4 Å². The number of rotatable bonds is 4. The molecule has 3 aromatic heterocycles. The van der Waals surface area contributed by atoms with Crippen LogP contribution in [0.2, 0.25) is 0 Å². The van der Waals surface area contributed by atoms with Crippen LogP contribution in [0.3, 0.4) is 0 Å². The first-order valence-corrected chi connectivity index (χ1v) is 10.2. The molecule has 8 nitrogen and oxygen atoms in total. The van der Waals surface area contributed by atoms with Gasteiger partial charge < -0.3 is 9.88 Å². The van der Waals surface area contributed by atoms with Crippen LogP contribution in [0, 0.1) is 0 Å². The number of nitrogens with one attached hydrogen (secondary N) is 1. The van der Waals surface area contributed by atoms with E-state index in [9.17, 15) is 14.4 Å². The number of carbonyl (C=O) groups excluding carboxylic acids is 1. The van der Waals surface area contributed by atoms with Crippen molar-refractivity contribution in [2.45, 2.75) is 19.4 Å². The van der Waals surface area contributed by atoms with Gasteiger partial charge in [0.2, 0.25) is 5.91 Å². The van der Waals surface area contributed by atoms with Gasteiger partial charge in [-0.3, -0.25) is 18.7 Å². The van der Waals surface area contributed by atoms with Gasteiger partial charge in [-0.1, -0.05) is 12.1 Å². The van der Waals surface area contributed by atoms with Gasteiger partial charge in [-0.05, 0) is 53.9 Å². The lowest BCUT2D eigenvalue weighted by Gasteiger charge is -2.26. The second kappa shape index (κ2) is 7.10. The Labute approximate surface area is 176 Å². The number of nitrogens with zero attached hydrogens (tertiary/aromatic N) is 4. The summed E-state index contributed by atoms with van der Waals surface area (Å²) in [7, 11) is 2.95. The predicted octanol–water partition coefficient (Wildman–Crippen LogP) is 2.54. The van der Waals surface area contributed by atoms with E-state index in [1.807, 2.05) is 35.7 Å². The number of fused-ring (bicyclic) bond motifs is 1. The van der Waals surface area contributed by atoms with Gasteiger partial charge in [-0.2, -0.15) is 11.3 Å². The number of anilines is 1. The Morgan fingerprint density at radius 2 is 1.73 bits per heavy atom. The minimum Gasteiger partial charge on any atom is -0.324 e. The highest BCUT2D eigenvalue weighted by Gasteiger charge is 2.33. The van der Waals surface area contributed by atoms with E-state index in [1.54, 1.807) is 32.2 Å². The molecule has 0 radical (unpaired) electrons. The molecule has 0 saturated carbocycles. The van der Waals surface area contributed by atoms with Gasteiger partial charge in [0.1, 0.15) is 5.54 Å². The second-order valence-electron chi connectivity index (χ2n) is 7.60. The fourth-order valence-corrected chi connectivity index (χ4v) is 4.00. The zero-order valence-corrected chi connectivity index (χ0v) is 17.9. The molecule has 0 aliphatic carbocycles. The summed E-state index contributed by atoms with van der Waals surface area (Å²) in [5.41, 5.74) is 1.21. The van der Waals surface area contributed by atoms with Crippen molar-refractivity contribution >= 4 is 34.1 Å². The molecular weight excluding hydrogens is 402 g/mol. The van der Waals surface area contributed by atoms with Gasteiger partial charge >= 0.3 is 5.69 Å². The van der Waals surface area contributed by atoms with Crippen LogP contribution < -0.4 is 16.6 Å². The van der Waals surface area contributed by atoms with Crippen molar-refractivity contribution in [2.24, 2.45) is 14.1 Å². The minimum atomic E-state index is -1.12. The SMILES string of the molecule is Cn1c(=O)c2c(ncn2C(C)(C)C(=O)Nc2ccc(-c3ccsc3)cc2)n(C)c1=O. The van der Waals surface area contributed by atoms with Gasteiger partial charge in [0.05, 0.1) is 6.33 Å². The standard InChI is InChI=1S/C21H21N5O3S/c1-21(2,26-12-22-17-16(26)18(27)25(4)20(29)24(17)3)19(28)23-15-7-5-13(6-8-15)14-9-10-30-11-14/h5-12H,1-4H3,(H,23,28).